The average molecular weight is 285 g/mol. The fraction of sp³-hybridized carbons (Fsp3) is 0.471. The van der Waals surface area contributed by atoms with E-state index in [1.54, 1.807) is 7.11 Å². The molecule has 0 saturated heterocycles. The molecule has 112 valence electrons. The highest BCUT2D eigenvalue weighted by Crippen LogP contribution is 2.48. The Morgan fingerprint density at radius 3 is 2.76 bits per heavy atom. The summed E-state index contributed by atoms with van der Waals surface area (Å²) in [5.41, 5.74) is 2.67. The lowest BCUT2D eigenvalue weighted by Crippen LogP contribution is -2.24. The van der Waals surface area contributed by atoms with E-state index in [2.05, 4.69) is 28.6 Å². The van der Waals surface area contributed by atoms with Gasteiger partial charge in [-0.05, 0) is 42.9 Å². The molecule has 1 aliphatic carbocycles. The summed E-state index contributed by atoms with van der Waals surface area (Å²) in [7, 11) is 1.78. The lowest BCUT2D eigenvalue weighted by Gasteiger charge is -2.14. The van der Waals surface area contributed by atoms with Crippen LogP contribution in [0.5, 0.6) is 0 Å². The second kappa shape index (κ2) is 6.41. The van der Waals surface area contributed by atoms with Gasteiger partial charge in [0, 0.05) is 33.0 Å². The maximum atomic E-state index is 5.19. The molecule has 4 heteroatoms. The predicted octanol–water partition coefficient (Wildman–Crippen LogP) is 2.78. The van der Waals surface area contributed by atoms with E-state index >= 15 is 0 Å². The van der Waals surface area contributed by atoms with Crippen LogP contribution < -0.4 is 5.32 Å². The van der Waals surface area contributed by atoms with Gasteiger partial charge in [0.25, 0.3) is 0 Å². The van der Waals surface area contributed by atoms with Crippen molar-refractivity contribution in [2.75, 3.05) is 20.3 Å². The Morgan fingerprint density at radius 2 is 2.05 bits per heavy atom. The van der Waals surface area contributed by atoms with Crippen molar-refractivity contribution >= 4 is 0 Å². The maximum absolute atomic E-state index is 5.19. The van der Waals surface area contributed by atoms with Crippen LogP contribution in [0.2, 0.25) is 0 Å². The first kappa shape index (κ1) is 14.3. The summed E-state index contributed by atoms with van der Waals surface area (Å²) >= 11 is 0. The molecule has 0 bridgehead atoms. The zero-order chi connectivity index (χ0) is 14.5. The number of rotatable bonds is 8. The standard InChI is InChI=1S/C17H23N3O/c1-21-12-10-17(8-9-17)14-18-13-15-7-11-20(19-15)16-5-3-2-4-6-16/h2-7,11,18H,8-10,12-14H2,1H3. The molecular formula is C17H23N3O. The van der Waals surface area contributed by atoms with Crippen molar-refractivity contribution in [3.05, 3.63) is 48.3 Å². The number of hydrogen-bond donors (Lipinski definition) is 1. The second-order valence-electron chi connectivity index (χ2n) is 5.93. The van der Waals surface area contributed by atoms with Crippen molar-refractivity contribution in [2.45, 2.75) is 25.8 Å². The molecule has 1 heterocycles. The number of benzene rings is 1. The SMILES string of the molecule is COCCC1(CNCc2ccn(-c3ccccc3)n2)CC1. The molecule has 0 unspecified atom stereocenters. The number of nitrogens with one attached hydrogen (secondary N) is 1. The van der Waals surface area contributed by atoms with E-state index in [4.69, 9.17) is 4.74 Å². The van der Waals surface area contributed by atoms with Crippen LogP contribution in [0, 0.1) is 5.41 Å². The normalized spacial score (nSPS) is 16.0. The van der Waals surface area contributed by atoms with Gasteiger partial charge in [0.1, 0.15) is 0 Å². The Bertz CT molecular complexity index is 560. The van der Waals surface area contributed by atoms with E-state index in [9.17, 15) is 0 Å². The van der Waals surface area contributed by atoms with Gasteiger partial charge >= 0.3 is 0 Å². The molecule has 2 aromatic rings. The van der Waals surface area contributed by atoms with Crippen molar-refractivity contribution in [3.63, 3.8) is 0 Å². The van der Waals surface area contributed by atoms with E-state index in [1.807, 2.05) is 29.1 Å². The lowest BCUT2D eigenvalue weighted by molar-refractivity contribution is 0.171. The maximum Gasteiger partial charge on any atom is 0.0766 e. The van der Waals surface area contributed by atoms with Crippen molar-refractivity contribution in [1.29, 1.82) is 0 Å². The van der Waals surface area contributed by atoms with Crippen LogP contribution in [0.4, 0.5) is 0 Å². The van der Waals surface area contributed by atoms with E-state index < -0.39 is 0 Å². The van der Waals surface area contributed by atoms with Crippen LogP contribution in [0.15, 0.2) is 42.6 Å². The molecule has 0 spiro atoms. The fourth-order valence-corrected chi connectivity index (χ4v) is 2.65. The van der Waals surface area contributed by atoms with Gasteiger partial charge in [-0.3, -0.25) is 0 Å². The molecule has 0 atom stereocenters. The van der Waals surface area contributed by atoms with Gasteiger partial charge in [0.2, 0.25) is 0 Å². The van der Waals surface area contributed by atoms with E-state index in [0.29, 0.717) is 5.41 Å². The summed E-state index contributed by atoms with van der Waals surface area (Å²) in [5, 5.41) is 8.16. The van der Waals surface area contributed by atoms with E-state index in [-0.39, 0.29) is 0 Å². The first-order chi connectivity index (χ1) is 10.3. The van der Waals surface area contributed by atoms with Crippen LogP contribution in [0.3, 0.4) is 0 Å². The number of methoxy groups -OCH3 is 1. The molecule has 1 saturated carbocycles. The Morgan fingerprint density at radius 1 is 1.24 bits per heavy atom. The molecule has 0 aliphatic heterocycles. The molecule has 1 N–H and O–H groups in total. The summed E-state index contributed by atoms with van der Waals surface area (Å²) in [6, 6.07) is 12.3. The molecule has 0 amide bonds. The number of nitrogens with zero attached hydrogens (tertiary/aromatic N) is 2. The second-order valence-corrected chi connectivity index (χ2v) is 5.93. The Labute approximate surface area is 126 Å². The van der Waals surface area contributed by atoms with Crippen LogP contribution in [0.1, 0.15) is 25.0 Å². The van der Waals surface area contributed by atoms with Gasteiger partial charge in [-0.1, -0.05) is 18.2 Å². The van der Waals surface area contributed by atoms with Crippen LogP contribution in [0.25, 0.3) is 5.69 Å². The summed E-state index contributed by atoms with van der Waals surface area (Å²) in [5.74, 6) is 0. The number of aromatic nitrogens is 2. The summed E-state index contributed by atoms with van der Waals surface area (Å²) < 4.78 is 7.12. The first-order valence-corrected chi connectivity index (χ1v) is 7.61. The van der Waals surface area contributed by atoms with Gasteiger partial charge in [0.15, 0.2) is 0 Å². The van der Waals surface area contributed by atoms with Crippen molar-refractivity contribution < 1.29 is 4.74 Å². The van der Waals surface area contributed by atoms with Crippen LogP contribution >= 0.6 is 0 Å². The highest BCUT2D eigenvalue weighted by atomic mass is 16.5. The minimum absolute atomic E-state index is 0.484. The largest absolute Gasteiger partial charge is 0.385 e. The number of para-hydroxylation sites is 1. The first-order valence-electron chi connectivity index (χ1n) is 7.61. The fourth-order valence-electron chi connectivity index (χ4n) is 2.65. The average Bonchev–Trinajstić information content (AvgIpc) is 3.13. The Hall–Kier alpha value is -1.65. The number of hydrogen-bond acceptors (Lipinski definition) is 3. The number of ether oxygens (including phenoxy) is 1. The molecule has 1 aromatic heterocycles. The van der Waals surface area contributed by atoms with Crippen LogP contribution in [-0.2, 0) is 11.3 Å². The van der Waals surface area contributed by atoms with Crippen molar-refractivity contribution in [1.82, 2.24) is 15.1 Å². The van der Waals surface area contributed by atoms with Crippen molar-refractivity contribution in [2.24, 2.45) is 5.41 Å². The van der Waals surface area contributed by atoms with Crippen molar-refractivity contribution in [3.8, 4) is 5.69 Å². The molecule has 0 radical (unpaired) electrons. The van der Waals surface area contributed by atoms with Gasteiger partial charge < -0.3 is 10.1 Å². The lowest BCUT2D eigenvalue weighted by atomic mass is 10.0. The third kappa shape index (κ3) is 3.71. The van der Waals surface area contributed by atoms with E-state index in [1.165, 1.54) is 12.8 Å². The smallest absolute Gasteiger partial charge is 0.0766 e. The molecule has 1 aliphatic rings. The zero-order valence-corrected chi connectivity index (χ0v) is 12.6. The minimum atomic E-state index is 0.484. The molecule has 4 nitrogen and oxygen atoms in total. The molecule has 21 heavy (non-hydrogen) atoms. The molecular weight excluding hydrogens is 262 g/mol. The Kier molecular flexibility index (Phi) is 4.36. The van der Waals surface area contributed by atoms with Gasteiger partial charge in [-0.25, -0.2) is 4.68 Å². The monoisotopic (exact) mass is 285 g/mol. The van der Waals surface area contributed by atoms with Gasteiger partial charge in [-0.15, -0.1) is 0 Å². The van der Waals surface area contributed by atoms with Gasteiger partial charge in [0.05, 0.1) is 11.4 Å². The molecule has 3 rings (SSSR count). The molecule has 1 aromatic carbocycles. The molecule has 1 fully saturated rings. The zero-order valence-electron chi connectivity index (χ0n) is 12.6. The third-order valence-electron chi connectivity index (χ3n) is 4.26. The van der Waals surface area contributed by atoms with Gasteiger partial charge in [-0.2, -0.15) is 5.10 Å². The topological polar surface area (TPSA) is 39.1 Å². The predicted molar refractivity (Wildman–Crippen MR) is 83.4 cm³/mol. The Balaban J connectivity index is 1.49. The summed E-state index contributed by atoms with van der Waals surface area (Å²) in [6.07, 6.45) is 5.82. The van der Waals surface area contributed by atoms with Crippen LogP contribution in [-0.4, -0.2) is 30.0 Å². The summed E-state index contributed by atoms with van der Waals surface area (Å²) in [6.45, 7) is 2.76. The quantitative estimate of drug-likeness (QED) is 0.810. The minimum Gasteiger partial charge on any atom is -0.385 e. The summed E-state index contributed by atoms with van der Waals surface area (Å²) in [4.78, 5) is 0. The highest BCUT2D eigenvalue weighted by Gasteiger charge is 2.41. The van der Waals surface area contributed by atoms with E-state index in [0.717, 1.165) is 37.5 Å². The third-order valence-corrected chi connectivity index (χ3v) is 4.26. The highest BCUT2D eigenvalue weighted by molar-refractivity contribution is 5.30.